The van der Waals surface area contributed by atoms with E-state index in [1.165, 1.54) is 16.7 Å². The maximum atomic E-state index is 11.7. The maximum Gasteiger partial charge on any atom is 0.0931 e. The molecule has 0 saturated heterocycles. The second kappa shape index (κ2) is 6.73. The van der Waals surface area contributed by atoms with E-state index in [4.69, 9.17) is 0 Å². The van der Waals surface area contributed by atoms with Gasteiger partial charge in [-0.25, -0.2) is 0 Å². The van der Waals surface area contributed by atoms with Gasteiger partial charge in [-0.2, -0.15) is 0 Å². The standard InChI is InChI=1S/C23H23NO/c25-23(16-18-9-3-1-4-10-18,17-19-11-5-2-6-12-19)22-15-20-13-7-8-14-21(20)24-22/h1-14,22,24-25H,15-17H2/t22-/m0/s1. The maximum absolute atomic E-state index is 11.7. The molecule has 0 aromatic heterocycles. The second-order valence-electron chi connectivity index (χ2n) is 6.99. The van der Waals surface area contributed by atoms with Crippen molar-refractivity contribution in [2.45, 2.75) is 30.9 Å². The van der Waals surface area contributed by atoms with E-state index in [0.29, 0.717) is 12.8 Å². The fraction of sp³-hybridized carbons (Fsp3) is 0.217. The normalized spacial score (nSPS) is 16.3. The van der Waals surface area contributed by atoms with Crippen molar-refractivity contribution < 1.29 is 5.11 Å². The molecule has 1 aliphatic rings. The van der Waals surface area contributed by atoms with Crippen molar-refractivity contribution in [2.24, 2.45) is 0 Å². The molecule has 0 unspecified atom stereocenters. The summed E-state index contributed by atoms with van der Waals surface area (Å²) in [6.45, 7) is 0. The molecular formula is C23H23NO. The van der Waals surface area contributed by atoms with Gasteiger partial charge >= 0.3 is 0 Å². The van der Waals surface area contributed by atoms with Crippen LogP contribution in [0.4, 0.5) is 5.69 Å². The van der Waals surface area contributed by atoms with Gasteiger partial charge in [-0.1, -0.05) is 78.9 Å². The smallest absolute Gasteiger partial charge is 0.0931 e. The van der Waals surface area contributed by atoms with Crippen LogP contribution in [0.15, 0.2) is 84.9 Å². The van der Waals surface area contributed by atoms with Crippen molar-refractivity contribution in [3.05, 3.63) is 102 Å². The topological polar surface area (TPSA) is 32.3 Å². The summed E-state index contributed by atoms with van der Waals surface area (Å²) >= 11 is 0. The molecule has 1 heterocycles. The average Bonchev–Trinajstić information content (AvgIpc) is 3.08. The number of anilines is 1. The highest BCUT2D eigenvalue weighted by molar-refractivity contribution is 5.57. The molecule has 4 rings (SSSR count). The molecule has 25 heavy (non-hydrogen) atoms. The van der Waals surface area contributed by atoms with E-state index in [9.17, 15) is 5.11 Å². The van der Waals surface area contributed by atoms with E-state index < -0.39 is 5.60 Å². The Hall–Kier alpha value is -2.58. The van der Waals surface area contributed by atoms with Crippen molar-refractivity contribution in [3.63, 3.8) is 0 Å². The Balaban J connectivity index is 1.64. The molecule has 0 spiro atoms. The van der Waals surface area contributed by atoms with Crippen LogP contribution in [0.3, 0.4) is 0 Å². The predicted molar refractivity (Wildman–Crippen MR) is 103 cm³/mol. The molecule has 2 heteroatoms. The van der Waals surface area contributed by atoms with Crippen LogP contribution in [0, 0.1) is 0 Å². The number of para-hydroxylation sites is 1. The quantitative estimate of drug-likeness (QED) is 0.734. The molecular weight excluding hydrogens is 306 g/mol. The Morgan fingerprint density at radius 1 is 0.760 bits per heavy atom. The molecule has 3 aromatic carbocycles. The average molecular weight is 329 g/mol. The molecule has 0 aliphatic carbocycles. The zero-order valence-electron chi connectivity index (χ0n) is 14.2. The van der Waals surface area contributed by atoms with E-state index in [-0.39, 0.29) is 6.04 Å². The van der Waals surface area contributed by atoms with Gasteiger partial charge in [0.05, 0.1) is 11.6 Å². The van der Waals surface area contributed by atoms with Gasteiger partial charge in [0.1, 0.15) is 0 Å². The zero-order chi connectivity index (χ0) is 17.1. The molecule has 2 nitrogen and oxygen atoms in total. The lowest BCUT2D eigenvalue weighted by Crippen LogP contribution is -2.49. The van der Waals surface area contributed by atoms with Crippen LogP contribution in [-0.4, -0.2) is 16.7 Å². The highest BCUT2D eigenvalue weighted by Gasteiger charge is 2.40. The second-order valence-corrected chi connectivity index (χ2v) is 6.99. The minimum atomic E-state index is -0.846. The predicted octanol–water partition coefficient (Wildman–Crippen LogP) is 4.24. The minimum Gasteiger partial charge on any atom is -0.387 e. The van der Waals surface area contributed by atoms with Crippen molar-refractivity contribution in [1.29, 1.82) is 0 Å². The van der Waals surface area contributed by atoms with Gasteiger partial charge in [0.15, 0.2) is 0 Å². The lowest BCUT2D eigenvalue weighted by atomic mass is 9.81. The summed E-state index contributed by atoms with van der Waals surface area (Å²) in [6, 6.07) is 28.9. The summed E-state index contributed by atoms with van der Waals surface area (Å²) in [5, 5.41) is 15.3. The van der Waals surface area contributed by atoms with E-state index in [0.717, 1.165) is 12.1 Å². The van der Waals surface area contributed by atoms with Gasteiger partial charge in [0, 0.05) is 18.5 Å². The van der Waals surface area contributed by atoms with Gasteiger partial charge in [0.25, 0.3) is 0 Å². The molecule has 3 aromatic rings. The molecule has 0 bridgehead atoms. The Bertz CT molecular complexity index is 762. The van der Waals surface area contributed by atoms with Crippen LogP contribution in [0.2, 0.25) is 0 Å². The van der Waals surface area contributed by atoms with Crippen molar-refractivity contribution in [3.8, 4) is 0 Å². The number of aliphatic hydroxyl groups is 1. The first-order valence-corrected chi connectivity index (χ1v) is 8.88. The molecule has 0 fully saturated rings. The third-order valence-electron chi connectivity index (χ3n) is 5.13. The Morgan fingerprint density at radius 3 is 1.84 bits per heavy atom. The van der Waals surface area contributed by atoms with Gasteiger partial charge < -0.3 is 10.4 Å². The fourth-order valence-electron chi connectivity index (χ4n) is 3.83. The summed E-state index contributed by atoms with van der Waals surface area (Å²) in [6.07, 6.45) is 2.12. The van der Waals surface area contributed by atoms with E-state index >= 15 is 0 Å². The summed E-state index contributed by atoms with van der Waals surface area (Å²) in [5.41, 5.74) is 3.92. The molecule has 1 aliphatic heterocycles. The summed E-state index contributed by atoms with van der Waals surface area (Å²) in [4.78, 5) is 0. The molecule has 0 amide bonds. The summed E-state index contributed by atoms with van der Waals surface area (Å²) in [7, 11) is 0. The lowest BCUT2D eigenvalue weighted by molar-refractivity contribution is 0.0230. The number of nitrogens with one attached hydrogen (secondary N) is 1. The SMILES string of the molecule is OC(Cc1ccccc1)(Cc1ccccc1)[C@@H]1Cc2ccccc2N1. The third-order valence-corrected chi connectivity index (χ3v) is 5.13. The Labute approximate surface area is 149 Å². The van der Waals surface area contributed by atoms with Crippen molar-refractivity contribution in [2.75, 3.05) is 5.32 Å². The first kappa shape index (κ1) is 15.9. The molecule has 1 atom stereocenters. The first-order valence-electron chi connectivity index (χ1n) is 8.88. The van der Waals surface area contributed by atoms with Gasteiger partial charge in [-0.05, 0) is 29.2 Å². The van der Waals surface area contributed by atoms with Crippen LogP contribution in [0.1, 0.15) is 16.7 Å². The fourth-order valence-corrected chi connectivity index (χ4v) is 3.83. The van der Waals surface area contributed by atoms with Crippen LogP contribution in [0.5, 0.6) is 0 Å². The first-order chi connectivity index (χ1) is 12.2. The highest BCUT2D eigenvalue weighted by Crippen LogP contribution is 2.34. The largest absolute Gasteiger partial charge is 0.387 e. The number of fused-ring (bicyclic) bond motifs is 1. The number of rotatable bonds is 5. The van der Waals surface area contributed by atoms with Gasteiger partial charge in [0.2, 0.25) is 0 Å². The Morgan fingerprint density at radius 2 is 1.28 bits per heavy atom. The molecule has 0 saturated carbocycles. The van der Waals surface area contributed by atoms with Gasteiger partial charge in [-0.15, -0.1) is 0 Å². The van der Waals surface area contributed by atoms with E-state index in [1.54, 1.807) is 0 Å². The van der Waals surface area contributed by atoms with Gasteiger partial charge in [-0.3, -0.25) is 0 Å². The Kier molecular flexibility index (Phi) is 4.29. The van der Waals surface area contributed by atoms with Crippen LogP contribution in [0.25, 0.3) is 0 Å². The molecule has 126 valence electrons. The molecule has 0 radical (unpaired) electrons. The highest BCUT2D eigenvalue weighted by atomic mass is 16.3. The number of hydrogen-bond acceptors (Lipinski definition) is 2. The van der Waals surface area contributed by atoms with E-state index in [2.05, 4.69) is 47.8 Å². The van der Waals surface area contributed by atoms with Crippen LogP contribution < -0.4 is 5.32 Å². The zero-order valence-corrected chi connectivity index (χ0v) is 14.2. The molecule has 2 N–H and O–H groups in total. The monoisotopic (exact) mass is 329 g/mol. The summed E-state index contributed by atoms with van der Waals surface area (Å²) in [5.74, 6) is 0. The van der Waals surface area contributed by atoms with Crippen LogP contribution in [-0.2, 0) is 19.3 Å². The number of benzene rings is 3. The van der Waals surface area contributed by atoms with Crippen molar-refractivity contribution >= 4 is 5.69 Å². The van der Waals surface area contributed by atoms with Crippen LogP contribution >= 0.6 is 0 Å². The third kappa shape index (κ3) is 3.45. The minimum absolute atomic E-state index is 0.00492. The van der Waals surface area contributed by atoms with E-state index in [1.807, 2.05) is 42.5 Å². The number of hydrogen-bond donors (Lipinski definition) is 2. The lowest BCUT2D eigenvalue weighted by Gasteiger charge is -2.35. The van der Waals surface area contributed by atoms with Crippen molar-refractivity contribution in [1.82, 2.24) is 0 Å². The summed E-state index contributed by atoms with van der Waals surface area (Å²) < 4.78 is 0.